The highest BCUT2D eigenvalue weighted by molar-refractivity contribution is 6.44. The average Bonchev–Trinajstić information content (AvgIpc) is 3.00. The van der Waals surface area contributed by atoms with E-state index in [-0.39, 0.29) is 33.2 Å². The first kappa shape index (κ1) is 22.9. The predicted molar refractivity (Wildman–Crippen MR) is 113 cm³/mol. The van der Waals surface area contributed by atoms with Gasteiger partial charge in [0.25, 0.3) is 5.91 Å². The topological polar surface area (TPSA) is 145 Å². The Kier molecular flexibility index (Phi) is 6.73. The van der Waals surface area contributed by atoms with Crippen LogP contribution < -0.4 is 10.2 Å². The van der Waals surface area contributed by atoms with E-state index < -0.39 is 23.9 Å². The number of ether oxygens (including phenoxy) is 1. The van der Waals surface area contributed by atoms with E-state index in [2.05, 4.69) is 15.3 Å². The number of methoxy groups -OCH3 is 1. The number of pyridine rings is 1. The maximum absolute atomic E-state index is 12.7. The molecule has 2 aromatic heterocycles. The highest BCUT2D eigenvalue weighted by atomic mass is 35.5. The Hall–Kier alpha value is -2.82. The molecule has 1 aliphatic heterocycles. The lowest BCUT2D eigenvalue weighted by Crippen LogP contribution is -2.55. The smallest absolute Gasteiger partial charge is 0.354 e. The molecule has 0 saturated carbocycles. The number of carboxylic acids is 2. The van der Waals surface area contributed by atoms with Crippen LogP contribution in [-0.2, 0) is 4.74 Å². The van der Waals surface area contributed by atoms with Crippen molar-refractivity contribution in [2.45, 2.75) is 25.5 Å². The average molecular weight is 471 g/mol. The number of amides is 1. The van der Waals surface area contributed by atoms with Gasteiger partial charge in [-0.1, -0.05) is 23.2 Å². The summed E-state index contributed by atoms with van der Waals surface area (Å²) in [5.74, 6) is -3.08. The molecule has 10 nitrogen and oxygen atoms in total. The maximum Gasteiger partial charge on any atom is 0.354 e. The zero-order valence-electron chi connectivity index (χ0n) is 16.6. The number of aromatic nitrogens is 2. The van der Waals surface area contributed by atoms with Gasteiger partial charge < -0.3 is 30.2 Å². The number of halogens is 2. The summed E-state index contributed by atoms with van der Waals surface area (Å²) in [6.07, 6.45) is 0.0142. The van der Waals surface area contributed by atoms with Crippen molar-refractivity contribution in [2.24, 2.45) is 0 Å². The molecule has 0 unspecified atom stereocenters. The summed E-state index contributed by atoms with van der Waals surface area (Å²) in [6, 6.07) is 2.26. The van der Waals surface area contributed by atoms with E-state index in [1.165, 1.54) is 19.2 Å². The predicted octanol–water partition coefficient (Wildman–Crippen LogP) is 2.45. The number of piperidine rings is 1. The van der Waals surface area contributed by atoms with Crippen LogP contribution in [0.1, 0.15) is 43.6 Å². The van der Waals surface area contributed by atoms with E-state index in [0.717, 1.165) is 0 Å². The maximum atomic E-state index is 12.7. The zero-order valence-corrected chi connectivity index (χ0v) is 18.1. The van der Waals surface area contributed by atoms with E-state index in [1.807, 2.05) is 0 Å². The molecule has 3 rings (SSSR count). The Labute approximate surface area is 187 Å². The lowest BCUT2D eigenvalue weighted by Gasteiger charge is -2.39. The number of aryl methyl sites for hydroxylation is 1. The molecule has 2 aromatic rings. The van der Waals surface area contributed by atoms with Crippen molar-refractivity contribution in [2.75, 3.05) is 25.1 Å². The van der Waals surface area contributed by atoms with Crippen LogP contribution in [0, 0.1) is 6.92 Å². The van der Waals surface area contributed by atoms with Crippen LogP contribution in [0.4, 0.5) is 5.69 Å². The fourth-order valence-electron chi connectivity index (χ4n) is 3.44. The number of carbonyl (C=O) groups excluding carboxylic acids is 1. The van der Waals surface area contributed by atoms with Crippen molar-refractivity contribution < 1.29 is 29.3 Å². The van der Waals surface area contributed by atoms with Gasteiger partial charge in [-0.3, -0.25) is 4.79 Å². The number of H-pyrrole nitrogens is 1. The summed E-state index contributed by atoms with van der Waals surface area (Å²) >= 11 is 12.2. The third kappa shape index (κ3) is 4.76. The summed E-state index contributed by atoms with van der Waals surface area (Å²) in [5, 5.41) is 21.8. The molecule has 1 saturated heterocycles. The molecule has 0 aromatic carbocycles. The molecule has 0 bridgehead atoms. The van der Waals surface area contributed by atoms with Gasteiger partial charge in [-0.2, -0.15) is 0 Å². The van der Waals surface area contributed by atoms with Gasteiger partial charge in [-0.25, -0.2) is 14.6 Å². The van der Waals surface area contributed by atoms with Gasteiger partial charge in [-0.05, 0) is 25.5 Å². The number of anilines is 1. The van der Waals surface area contributed by atoms with Crippen LogP contribution >= 0.6 is 23.2 Å². The number of hydrogen-bond donors (Lipinski definition) is 4. The van der Waals surface area contributed by atoms with Gasteiger partial charge in [0.2, 0.25) is 0 Å². The molecule has 0 spiro atoms. The molecule has 166 valence electrons. The molecular weight excluding hydrogens is 451 g/mol. The van der Waals surface area contributed by atoms with Gasteiger partial charge in [0, 0.05) is 31.6 Å². The number of aromatic carboxylic acids is 2. The van der Waals surface area contributed by atoms with Gasteiger partial charge in [0.05, 0.1) is 22.2 Å². The van der Waals surface area contributed by atoms with Crippen molar-refractivity contribution in [1.29, 1.82) is 0 Å². The fourth-order valence-corrected chi connectivity index (χ4v) is 3.86. The minimum absolute atomic E-state index is 0.141. The minimum Gasteiger partial charge on any atom is -0.477 e. The van der Waals surface area contributed by atoms with Crippen molar-refractivity contribution in [3.8, 4) is 0 Å². The quantitative estimate of drug-likeness (QED) is 0.503. The van der Waals surface area contributed by atoms with E-state index in [4.69, 9.17) is 27.9 Å². The number of aromatic amines is 1. The summed E-state index contributed by atoms with van der Waals surface area (Å²) in [6.45, 7) is 2.42. The van der Waals surface area contributed by atoms with Gasteiger partial charge in [0.1, 0.15) is 5.69 Å². The second kappa shape index (κ2) is 9.13. The van der Waals surface area contributed by atoms with Crippen molar-refractivity contribution in [3.63, 3.8) is 0 Å². The van der Waals surface area contributed by atoms with Crippen molar-refractivity contribution in [1.82, 2.24) is 15.3 Å². The number of nitrogens with zero attached hydrogens (tertiary/aromatic N) is 2. The van der Waals surface area contributed by atoms with Crippen LogP contribution in [0.15, 0.2) is 12.1 Å². The number of hydrogen-bond acceptors (Lipinski definition) is 6. The van der Waals surface area contributed by atoms with E-state index in [9.17, 15) is 24.6 Å². The van der Waals surface area contributed by atoms with Gasteiger partial charge in [0.15, 0.2) is 11.4 Å². The second-order valence-electron chi connectivity index (χ2n) is 7.05. The van der Waals surface area contributed by atoms with Crippen LogP contribution in [0.5, 0.6) is 0 Å². The van der Waals surface area contributed by atoms with Gasteiger partial charge >= 0.3 is 11.9 Å². The summed E-state index contributed by atoms with van der Waals surface area (Å²) in [4.78, 5) is 43.6. The highest BCUT2D eigenvalue weighted by Gasteiger charge is 2.32. The highest BCUT2D eigenvalue weighted by Crippen LogP contribution is 2.29. The molecule has 1 aliphatic rings. The third-order valence-corrected chi connectivity index (χ3v) is 6.02. The summed E-state index contributed by atoms with van der Waals surface area (Å²) in [5.41, 5.74) is 0.399. The standard InChI is InChI=1S/C19H20Cl2N4O6/c1-8-14(20)15(21)16(22-8)17(26)24-10-3-4-25(7-13(10)31-2)9-5-11(18(27)28)23-12(6-9)19(29)30/h5-6,10,13,22H,3-4,7H2,1-2H3,(H,24,26)(H,27,28)(H,29,30)/t10-,13+/m1/s1. The molecule has 0 radical (unpaired) electrons. The first-order chi connectivity index (χ1) is 14.6. The molecule has 1 fully saturated rings. The summed E-state index contributed by atoms with van der Waals surface area (Å²) in [7, 11) is 1.49. The minimum atomic E-state index is -1.33. The largest absolute Gasteiger partial charge is 0.477 e. The van der Waals surface area contributed by atoms with E-state index in [0.29, 0.717) is 30.9 Å². The SMILES string of the molecule is CO[C@H]1CN(c2cc(C(=O)O)nc(C(=O)O)c2)CC[C@H]1NC(=O)c1[nH]c(C)c(Cl)c1Cl. The molecule has 4 N–H and O–H groups in total. The second-order valence-corrected chi connectivity index (χ2v) is 7.80. The molecule has 31 heavy (non-hydrogen) atoms. The lowest BCUT2D eigenvalue weighted by atomic mass is 10.0. The molecule has 12 heteroatoms. The Morgan fingerprint density at radius 1 is 1.19 bits per heavy atom. The molecule has 0 aliphatic carbocycles. The van der Waals surface area contributed by atoms with Crippen LogP contribution in [0.25, 0.3) is 0 Å². The Morgan fingerprint density at radius 3 is 2.29 bits per heavy atom. The van der Waals surface area contributed by atoms with Crippen LogP contribution in [-0.4, -0.2) is 70.4 Å². The molecular formula is C19H20Cl2N4O6. The number of nitrogens with one attached hydrogen (secondary N) is 2. The van der Waals surface area contributed by atoms with Crippen LogP contribution in [0.3, 0.4) is 0 Å². The van der Waals surface area contributed by atoms with Crippen LogP contribution in [0.2, 0.25) is 10.0 Å². The molecule has 3 heterocycles. The lowest BCUT2D eigenvalue weighted by molar-refractivity contribution is 0.0539. The van der Waals surface area contributed by atoms with E-state index >= 15 is 0 Å². The van der Waals surface area contributed by atoms with Crippen molar-refractivity contribution >= 4 is 46.7 Å². The molecule has 2 atom stereocenters. The number of carbonyl (C=O) groups is 3. The summed E-state index contributed by atoms with van der Waals surface area (Å²) < 4.78 is 5.53. The van der Waals surface area contributed by atoms with Crippen molar-refractivity contribution in [3.05, 3.63) is 45.0 Å². The fraction of sp³-hybridized carbons (Fsp3) is 0.368. The normalized spacial score (nSPS) is 18.6. The number of rotatable bonds is 6. The Morgan fingerprint density at radius 2 is 1.81 bits per heavy atom. The number of carboxylic acid groups (broad SMARTS) is 2. The monoisotopic (exact) mass is 470 g/mol. The zero-order chi connectivity index (χ0) is 22.9. The van der Waals surface area contributed by atoms with Gasteiger partial charge in [-0.15, -0.1) is 0 Å². The first-order valence-electron chi connectivity index (χ1n) is 9.23. The Balaban J connectivity index is 1.78. The Bertz CT molecular complexity index is 1010. The molecule has 1 amide bonds. The first-order valence-corrected chi connectivity index (χ1v) is 9.98. The third-order valence-electron chi connectivity index (χ3n) is 5.07. The van der Waals surface area contributed by atoms with E-state index in [1.54, 1.807) is 11.8 Å².